The second-order valence-electron chi connectivity index (χ2n) is 5.11. The van der Waals surface area contributed by atoms with Crippen molar-refractivity contribution in [1.82, 2.24) is 10.0 Å². The molecule has 5 nitrogen and oxygen atoms in total. The van der Waals surface area contributed by atoms with Crippen molar-refractivity contribution in [2.24, 2.45) is 0 Å². The Bertz CT molecular complexity index is 419. The lowest BCUT2D eigenvalue weighted by Gasteiger charge is -2.19. The van der Waals surface area contributed by atoms with Crippen molar-refractivity contribution in [3.05, 3.63) is 24.1 Å². The number of amides is 1. The molecule has 1 unspecified atom stereocenters. The smallest absolute Gasteiger partial charge is 0.244 e. The molecule has 0 rings (SSSR count). The molecular weight excluding hydrogens is 252 g/mol. The highest BCUT2D eigenvalue weighted by molar-refractivity contribution is 7.92. The molecule has 0 heterocycles. The van der Waals surface area contributed by atoms with Crippen LogP contribution in [0.2, 0.25) is 0 Å². The van der Waals surface area contributed by atoms with Gasteiger partial charge in [-0.1, -0.05) is 12.7 Å². The van der Waals surface area contributed by atoms with E-state index in [-0.39, 0.29) is 17.5 Å². The van der Waals surface area contributed by atoms with E-state index in [2.05, 4.69) is 16.6 Å². The van der Waals surface area contributed by atoms with Crippen LogP contribution >= 0.6 is 0 Å². The Kier molecular flexibility index (Phi) is 6.28. The summed E-state index contributed by atoms with van der Waals surface area (Å²) in [4.78, 5) is 11.4. The minimum atomic E-state index is -3.42. The van der Waals surface area contributed by atoms with E-state index in [4.69, 9.17) is 0 Å². The largest absolute Gasteiger partial charge is 0.348 e. The number of hydrogen-bond donors (Lipinski definition) is 2. The van der Waals surface area contributed by atoms with Crippen LogP contribution in [0.4, 0.5) is 0 Å². The molecule has 0 spiro atoms. The van der Waals surface area contributed by atoms with Crippen molar-refractivity contribution < 1.29 is 13.2 Å². The van der Waals surface area contributed by atoms with E-state index < -0.39 is 10.0 Å². The van der Waals surface area contributed by atoms with Gasteiger partial charge >= 0.3 is 0 Å². The zero-order valence-corrected chi connectivity index (χ0v) is 12.2. The summed E-state index contributed by atoms with van der Waals surface area (Å²) < 4.78 is 24.7. The lowest BCUT2D eigenvalue weighted by molar-refractivity contribution is -0.117. The molecule has 0 bridgehead atoms. The summed E-state index contributed by atoms with van der Waals surface area (Å²) in [5.74, 6) is -0.193. The van der Waals surface area contributed by atoms with Crippen LogP contribution in [-0.2, 0) is 14.8 Å². The van der Waals surface area contributed by atoms with E-state index in [1.807, 2.05) is 20.8 Å². The Morgan fingerprint density at radius 3 is 2.39 bits per heavy atom. The third kappa shape index (κ3) is 8.95. The molecule has 18 heavy (non-hydrogen) atoms. The maximum Gasteiger partial charge on any atom is 0.244 e. The van der Waals surface area contributed by atoms with Crippen LogP contribution in [0.3, 0.4) is 0 Å². The van der Waals surface area contributed by atoms with Crippen molar-refractivity contribution in [3.63, 3.8) is 0 Å². The summed E-state index contributed by atoms with van der Waals surface area (Å²) in [6, 6.07) is -0.285. The van der Waals surface area contributed by atoms with E-state index in [0.29, 0.717) is 6.42 Å². The van der Waals surface area contributed by atoms with Crippen molar-refractivity contribution in [3.8, 4) is 0 Å². The minimum Gasteiger partial charge on any atom is -0.348 e. The second-order valence-corrected chi connectivity index (χ2v) is 6.77. The highest BCUT2D eigenvalue weighted by Gasteiger charge is 2.12. The zero-order chi connectivity index (χ0) is 14.4. The van der Waals surface area contributed by atoms with Gasteiger partial charge in [0.25, 0.3) is 0 Å². The van der Waals surface area contributed by atoms with E-state index in [1.54, 1.807) is 13.0 Å². The fourth-order valence-corrected chi connectivity index (χ4v) is 1.92. The van der Waals surface area contributed by atoms with Crippen LogP contribution in [0.25, 0.3) is 0 Å². The van der Waals surface area contributed by atoms with Gasteiger partial charge in [-0.3, -0.25) is 4.79 Å². The van der Waals surface area contributed by atoms with Crippen LogP contribution in [0.15, 0.2) is 24.1 Å². The Labute approximate surface area is 109 Å². The Balaban J connectivity index is 4.18. The number of carbonyl (C=O) groups excluding carboxylic acids is 1. The monoisotopic (exact) mass is 274 g/mol. The molecule has 6 heteroatoms. The normalized spacial score (nSPS) is 14.4. The molecule has 0 aliphatic carbocycles. The first-order valence-corrected chi connectivity index (χ1v) is 7.24. The molecule has 0 aliphatic rings. The van der Waals surface area contributed by atoms with Gasteiger partial charge in [-0.2, -0.15) is 0 Å². The fourth-order valence-electron chi connectivity index (χ4n) is 1.17. The van der Waals surface area contributed by atoms with Crippen molar-refractivity contribution >= 4 is 15.9 Å². The van der Waals surface area contributed by atoms with Crippen LogP contribution in [0.1, 0.15) is 34.1 Å². The molecule has 2 N–H and O–H groups in total. The lowest BCUT2D eigenvalue weighted by Crippen LogP contribution is -2.39. The third-order valence-corrected chi connectivity index (χ3v) is 3.01. The molecular formula is C12H22N2O3S. The first-order valence-electron chi connectivity index (χ1n) is 5.69. The summed E-state index contributed by atoms with van der Waals surface area (Å²) in [5, 5.41) is 3.63. The van der Waals surface area contributed by atoms with Crippen LogP contribution < -0.4 is 10.0 Å². The van der Waals surface area contributed by atoms with Crippen LogP contribution in [0, 0.1) is 0 Å². The number of nitrogens with one attached hydrogen (secondary N) is 2. The van der Waals surface area contributed by atoms with E-state index >= 15 is 0 Å². The quantitative estimate of drug-likeness (QED) is 0.717. The highest BCUT2D eigenvalue weighted by atomic mass is 32.2. The summed E-state index contributed by atoms with van der Waals surface area (Å²) >= 11 is 0. The van der Waals surface area contributed by atoms with Gasteiger partial charge in [0, 0.05) is 17.0 Å². The van der Waals surface area contributed by atoms with Gasteiger partial charge in [0.15, 0.2) is 0 Å². The zero-order valence-electron chi connectivity index (χ0n) is 11.4. The van der Waals surface area contributed by atoms with Gasteiger partial charge in [0.1, 0.15) is 0 Å². The molecule has 1 atom stereocenters. The summed E-state index contributed by atoms with van der Waals surface area (Å²) in [7, 11) is -3.42. The van der Waals surface area contributed by atoms with E-state index in [1.165, 1.54) is 6.08 Å². The Hall–Kier alpha value is -1.14. The molecule has 104 valence electrons. The second kappa shape index (κ2) is 6.70. The van der Waals surface area contributed by atoms with Gasteiger partial charge in [-0.05, 0) is 40.2 Å². The molecule has 0 radical (unpaired) electrons. The average molecular weight is 274 g/mol. The summed E-state index contributed by atoms with van der Waals surface area (Å²) in [6.45, 7) is 10.6. The molecule has 0 aromatic heterocycles. The van der Waals surface area contributed by atoms with Gasteiger partial charge in [-0.25, -0.2) is 13.1 Å². The number of carbonyl (C=O) groups is 1. The summed E-state index contributed by atoms with van der Waals surface area (Å²) in [6.07, 6.45) is 3.48. The Morgan fingerprint density at radius 2 is 1.94 bits per heavy atom. The first kappa shape index (κ1) is 16.9. The molecule has 0 saturated carbocycles. The van der Waals surface area contributed by atoms with E-state index in [9.17, 15) is 13.2 Å². The third-order valence-electron chi connectivity index (χ3n) is 1.84. The molecule has 0 aromatic carbocycles. The fraction of sp³-hybridized carbons (Fsp3) is 0.583. The highest BCUT2D eigenvalue weighted by Crippen LogP contribution is 2.00. The minimum absolute atomic E-state index is 0.193. The predicted octanol–water partition coefficient (Wildman–Crippen LogP) is 1.30. The number of rotatable bonds is 6. The van der Waals surface area contributed by atoms with E-state index in [0.717, 1.165) is 5.41 Å². The molecule has 0 saturated heterocycles. The number of hydrogen-bond acceptors (Lipinski definition) is 3. The van der Waals surface area contributed by atoms with Crippen molar-refractivity contribution in [1.29, 1.82) is 0 Å². The Morgan fingerprint density at radius 1 is 1.39 bits per heavy atom. The van der Waals surface area contributed by atoms with Crippen LogP contribution in [-0.4, -0.2) is 25.9 Å². The maximum atomic E-state index is 11.4. The number of sulfonamides is 1. The van der Waals surface area contributed by atoms with Crippen molar-refractivity contribution in [2.45, 2.75) is 45.7 Å². The van der Waals surface area contributed by atoms with Gasteiger partial charge < -0.3 is 5.32 Å². The van der Waals surface area contributed by atoms with Crippen molar-refractivity contribution in [2.75, 3.05) is 0 Å². The van der Waals surface area contributed by atoms with Gasteiger partial charge in [-0.15, -0.1) is 0 Å². The van der Waals surface area contributed by atoms with Gasteiger partial charge in [0.2, 0.25) is 15.9 Å². The standard InChI is InChI=1S/C12H22N2O3S/c1-6-18(16,17)14-10(2)8-7-9-11(15)13-12(3,4)5/h6-7,9-10,14H,1,8H2,2-5H3,(H,13,15)/b9-7-. The average Bonchev–Trinajstić information content (AvgIpc) is 2.13. The van der Waals surface area contributed by atoms with Crippen LogP contribution in [0.5, 0.6) is 0 Å². The molecule has 1 amide bonds. The molecule has 0 aromatic rings. The SMILES string of the molecule is C=CS(=O)(=O)NC(C)C/C=C\C(=O)NC(C)(C)C. The molecule has 0 fully saturated rings. The topological polar surface area (TPSA) is 75.3 Å². The first-order chi connectivity index (χ1) is 8.06. The van der Waals surface area contributed by atoms with Gasteiger partial charge in [0.05, 0.1) is 0 Å². The summed E-state index contributed by atoms with van der Waals surface area (Å²) in [5.41, 5.74) is -0.280. The predicted molar refractivity (Wildman–Crippen MR) is 73.4 cm³/mol. The lowest BCUT2D eigenvalue weighted by atomic mass is 10.1. The molecule has 0 aliphatic heterocycles. The maximum absolute atomic E-state index is 11.4.